The van der Waals surface area contributed by atoms with Crippen LogP contribution in [0.3, 0.4) is 0 Å². The molecule has 2 unspecified atom stereocenters. The number of phenolic OH excluding ortho intramolecular Hbond substituents is 1. The Morgan fingerprint density at radius 3 is 2.59 bits per heavy atom. The molecule has 1 aliphatic rings. The number of aromatic nitrogens is 2. The van der Waals surface area contributed by atoms with Crippen LogP contribution in [0.25, 0.3) is 22.0 Å². The summed E-state index contributed by atoms with van der Waals surface area (Å²) in [6, 6.07) is 17.1. The Bertz CT molecular complexity index is 1650. The van der Waals surface area contributed by atoms with E-state index in [0.717, 1.165) is 0 Å². The van der Waals surface area contributed by atoms with Crippen molar-refractivity contribution in [3.05, 3.63) is 101 Å². The number of hydrogen-bond donors (Lipinski definition) is 2. The maximum Gasteiger partial charge on any atom is 0.295 e. The van der Waals surface area contributed by atoms with Crippen molar-refractivity contribution in [3.8, 4) is 5.75 Å². The monoisotopic (exact) mass is 451 g/mol. The van der Waals surface area contributed by atoms with Gasteiger partial charge in [0.15, 0.2) is 5.43 Å². The van der Waals surface area contributed by atoms with Crippen LogP contribution in [-0.2, 0) is 9.59 Å². The van der Waals surface area contributed by atoms with Gasteiger partial charge in [0, 0.05) is 5.69 Å². The summed E-state index contributed by atoms with van der Waals surface area (Å²) in [6.45, 7) is 0. The average Bonchev–Trinajstić information content (AvgIpc) is 3.42. The van der Waals surface area contributed by atoms with Crippen LogP contribution >= 0.6 is 0 Å². The van der Waals surface area contributed by atoms with Crippen LogP contribution in [0.2, 0.25) is 0 Å². The van der Waals surface area contributed by atoms with Crippen molar-refractivity contribution in [1.82, 2.24) is 9.97 Å². The van der Waals surface area contributed by atoms with E-state index < -0.39 is 23.7 Å². The standard InChI is InChI=1S/C26H17N3O5/c30-16-8-5-14(6-9-16)22-23(18-12-34-21-4-2-1-3-17(21)24(18)31)29(26(33)25(22)32)15-7-10-19-20(11-15)28-13-27-19/h1-13,22-23,30H,(H,27,28). The fourth-order valence-corrected chi connectivity index (χ4v) is 4.65. The number of carbonyl (C=O) groups excluding carboxylic acids is 2. The maximum absolute atomic E-state index is 13.5. The zero-order valence-electron chi connectivity index (χ0n) is 17.6. The number of H-pyrrole nitrogens is 1. The van der Waals surface area contributed by atoms with E-state index >= 15 is 0 Å². The number of Topliss-reactive ketones (excluding diaryl/α,β-unsaturated/α-hetero) is 1. The predicted octanol–water partition coefficient (Wildman–Crippen LogP) is 3.82. The van der Waals surface area contributed by atoms with Crippen LogP contribution in [0, 0.1) is 0 Å². The molecule has 0 aliphatic carbocycles. The number of nitrogens with one attached hydrogen (secondary N) is 1. The molecule has 3 aromatic carbocycles. The van der Waals surface area contributed by atoms with Gasteiger partial charge in [0.1, 0.15) is 17.6 Å². The van der Waals surface area contributed by atoms with Gasteiger partial charge in [-0.15, -0.1) is 0 Å². The van der Waals surface area contributed by atoms with Gasteiger partial charge in [-0.1, -0.05) is 24.3 Å². The number of carbonyl (C=O) groups is 2. The molecule has 1 aliphatic heterocycles. The summed E-state index contributed by atoms with van der Waals surface area (Å²) in [6.07, 6.45) is 2.87. The number of imidazole rings is 1. The van der Waals surface area contributed by atoms with Gasteiger partial charge >= 0.3 is 0 Å². The maximum atomic E-state index is 13.5. The number of fused-ring (bicyclic) bond motifs is 2. The molecule has 3 heterocycles. The summed E-state index contributed by atoms with van der Waals surface area (Å²) in [4.78, 5) is 48.8. The van der Waals surface area contributed by atoms with E-state index in [0.29, 0.717) is 33.3 Å². The Hall–Kier alpha value is -4.72. The number of aromatic amines is 1. The molecule has 0 radical (unpaired) electrons. The van der Waals surface area contributed by atoms with E-state index in [9.17, 15) is 19.5 Å². The molecular formula is C26H17N3O5. The molecule has 1 amide bonds. The molecular weight excluding hydrogens is 434 g/mol. The van der Waals surface area contributed by atoms with Crippen LogP contribution < -0.4 is 10.3 Å². The highest BCUT2D eigenvalue weighted by Gasteiger charge is 2.50. The van der Waals surface area contributed by atoms with Crippen LogP contribution in [0.15, 0.2) is 88.5 Å². The van der Waals surface area contributed by atoms with Gasteiger partial charge in [0.2, 0.25) is 5.78 Å². The fourth-order valence-electron chi connectivity index (χ4n) is 4.65. The molecule has 1 fully saturated rings. The highest BCUT2D eigenvalue weighted by molar-refractivity contribution is 6.46. The van der Waals surface area contributed by atoms with E-state index in [1.54, 1.807) is 60.9 Å². The number of hydrogen-bond acceptors (Lipinski definition) is 6. The van der Waals surface area contributed by atoms with Gasteiger partial charge in [0.25, 0.3) is 5.91 Å². The SMILES string of the molecule is O=C1C(=O)N(c2ccc3nc[nH]c3c2)C(c2coc3ccccc3c2=O)C1c1ccc(O)cc1. The quantitative estimate of drug-likeness (QED) is 0.403. The largest absolute Gasteiger partial charge is 0.508 e. The minimum Gasteiger partial charge on any atom is -0.508 e. The number of phenols is 1. The lowest BCUT2D eigenvalue weighted by Gasteiger charge is -2.27. The Morgan fingerprint density at radius 2 is 1.76 bits per heavy atom. The second-order valence-corrected chi connectivity index (χ2v) is 8.17. The third-order valence-electron chi connectivity index (χ3n) is 6.27. The first-order valence-electron chi connectivity index (χ1n) is 10.6. The van der Waals surface area contributed by atoms with E-state index in [2.05, 4.69) is 9.97 Å². The van der Waals surface area contributed by atoms with Gasteiger partial charge in [-0.25, -0.2) is 4.98 Å². The first-order valence-corrected chi connectivity index (χ1v) is 10.6. The molecule has 2 aromatic heterocycles. The summed E-state index contributed by atoms with van der Waals surface area (Å²) in [7, 11) is 0. The van der Waals surface area contributed by atoms with E-state index in [1.165, 1.54) is 23.3 Å². The molecule has 8 nitrogen and oxygen atoms in total. The van der Waals surface area contributed by atoms with Gasteiger partial charge in [-0.3, -0.25) is 19.3 Å². The molecule has 2 atom stereocenters. The minimum atomic E-state index is -0.963. The second kappa shape index (κ2) is 7.41. The van der Waals surface area contributed by atoms with E-state index in [4.69, 9.17) is 4.42 Å². The van der Waals surface area contributed by atoms with Crippen molar-refractivity contribution in [3.63, 3.8) is 0 Å². The molecule has 5 aromatic rings. The van der Waals surface area contributed by atoms with Crippen molar-refractivity contribution in [1.29, 1.82) is 0 Å². The number of anilines is 1. The van der Waals surface area contributed by atoms with Crippen LogP contribution in [0.1, 0.15) is 23.1 Å². The molecule has 34 heavy (non-hydrogen) atoms. The van der Waals surface area contributed by atoms with Crippen LogP contribution in [-0.4, -0.2) is 26.8 Å². The number of aromatic hydroxyl groups is 1. The van der Waals surface area contributed by atoms with Gasteiger partial charge in [-0.2, -0.15) is 0 Å². The van der Waals surface area contributed by atoms with Crippen molar-refractivity contribution in [2.75, 3.05) is 4.90 Å². The molecule has 166 valence electrons. The first kappa shape index (κ1) is 19.9. The summed E-state index contributed by atoms with van der Waals surface area (Å²) >= 11 is 0. The number of rotatable bonds is 3. The summed E-state index contributed by atoms with van der Waals surface area (Å²) in [5.74, 6) is -2.30. The summed E-state index contributed by atoms with van der Waals surface area (Å²) < 4.78 is 5.75. The smallest absolute Gasteiger partial charge is 0.295 e. The zero-order valence-corrected chi connectivity index (χ0v) is 17.6. The van der Waals surface area contributed by atoms with Crippen molar-refractivity contribution < 1.29 is 19.1 Å². The number of benzene rings is 3. The average molecular weight is 451 g/mol. The third-order valence-corrected chi connectivity index (χ3v) is 6.27. The van der Waals surface area contributed by atoms with E-state index in [1.807, 2.05) is 0 Å². The lowest BCUT2D eigenvalue weighted by molar-refractivity contribution is -0.134. The zero-order chi connectivity index (χ0) is 23.4. The highest BCUT2D eigenvalue weighted by atomic mass is 16.3. The predicted molar refractivity (Wildman–Crippen MR) is 125 cm³/mol. The number of ketones is 1. The fraction of sp³-hybridized carbons (Fsp3) is 0.0769. The Balaban J connectivity index is 1.60. The highest BCUT2D eigenvalue weighted by Crippen LogP contribution is 2.45. The molecule has 6 rings (SSSR count). The second-order valence-electron chi connectivity index (χ2n) is 8.17. The van der Waals surface area contributed by atoms with Crippen LogP contribution in [0.5, 0.6) is 5.75 Å². The van der Waals surface area contributed by atoms with Crippen molar-refractivity contribution in [2.45, 2.75) is 12.0 Å². The number of nitrogens with zero attached hydrogens (tertiary/aromatic N) is 2. The molecule has 0 spiro atoms. The van der Waals surface area contributed by atoms with Crippen LogP contribution in [0.4, 0.5) is 5.69 Å². The molecule has 1 saturated heterocycles. The summed E-state index contributed by atoms with van der Waals surface area (Å²) in [5, 5.41) is 10.1. The van der Waals surface area contributed by atoms with Gasteiger partial charge in [-0.05, 0) is 48.0 Å². The van der Waals surface area contributed by atoms with E-state index in [-0.39, 0.29) is 16.7 Å². The van der Waals surface area contributed by atoms with Crippen molar-refractivity contribution >= 4 is 39.4 Å². The normalized spacial score (nSPS) is 18.3. The Kier molecular flexibility index (Phi) is 4.35. The Morgan fingerprint density at radius 1 is 0.971 bits per heavy atom. The third kappa shape index (κ3) is 2.92. The summed E-state index contributed by atoms with van der Waals surface area (Å²) in [5.41, 5.74) is 2.66. The lowest BCUT2D eigenvalue weighted by Crippen LogP contribution is -2.32. The molecule has 8 heteroatoms. The van der Waals surface area contributed by atoms with Gasteiger partial charge in [0.05, 0.1) is 40.3 Å². The minimum absolute atomic E-state index is 0.0313. The molecule has 0 saturated carbocycles. The topological polar surface area (TPSA) is 117 Å². The number of para-hydroxylation sites is 1. The molecule has 2 N–H and O–H groups in total. The van der Waals surface area contributed by atoms with Gasteiger partial charge < -0.3 is 14.5 Å². The lowest BCUT2D eigenvalue weighted by atomic mass is 9.87. The number of amides is 1. The van der Waals surface area contributed by atoms with Crippen molar-refractivity contribution in [2.24, 2.45) is 0 Å². The Labute approximate surface area is 192 Å². The molecule has 0 bridgehead atoms. The first-order chi connectivity index (χ1) is 16.5.